The standard InChI is InChI=1S/C19H30N2O4/c1-13(2)15-9-7-14(8-10-15)11-20-16(17(22)24-6)12-21-18(23)25-19(3,4)5/h7-10,13,16,20H,11-12H2,1-6H3,(H,21,23). The van der Waals surface area contributed by atoms with Gasteiger partial charge in [0.25, 0.3) is 0 Å². The quantitative estimate of drug-likeness (QED) is 0.739. The summed E-state index contributed by atoms with van der Waals surface area (Å²) in [6.07, 6.45) is -0.565. The number of carbonyl (C=O) groups excluding carboxylic acids is 2. The molecule has 0 fully saturated rings. The van der Waals surface area contributed by atoms with E-state index in [1.165, 1.54) is 12.7 Å². The van der Waals surface area contributed by atoms with Gasteiger partial charge in [-0.2, -0.15) is 0 Å². The van der Waals surface area contributed by atoms with E-state index in [0.29, 0.717) is 12.5 Å². The fourth-order valence-corrected chi connectivity index (χ4v) is 2.14. The van der Waals surface area contributed by atoms with Crippen LogP contribution in [0.5, 0.6) is 0 Å². The van der Waals surface area contributed by atoms with E-state index in [2.05, 4.69) is 36.6 Å². The summed E-state index contributed by atoms with van der Waals surface area (Å²) in [7, 11) is 1.32. The topological polar surface area (TPSA) is 76.7 Å². The normalized spacial score (nSPS) is 12.6. The van der Waals surface area contributed by atoms with Crippen LogP contribution in [0.2, 0.25) is 0 Å². The highest BCUT2D eigenvalue weighted by Gasteiger charge is 2.22. The number of hydrogen-bond donors (Lipinski definition) is 2. The van der Waals surface area contributed by atoms with Crippen LogP contribution in [-0.2, 0) is 20.8 Å². The molecule has 0 radical (unpaired) electrons. The highest BCUT2D eigenvalue weighted by Crippen LogP contribution is 2.14. The lowest BCUT2D eigenvalue weighted by atomic mass is 10.0. The smallest absolute Gasteiger partial charge is 0.407 e. The number of methoxy groups -OCH3 is 1. The van der Waals surface area contributed by atoms with E-state index in [1.807, 2.05) is 12.1 Å². The minimum Gasteiger partial charge on any atom is -0.468 e. The number of rotatable bonds is 7. The van der Waals surface area contributed by atoms with Crippen molar-refractivity contribution in [3.05, 3.63) is 35.4 Å². The molecular formula is C19H30N2O4. The molecule has 25 heavy (non-hydrogen) atoms. The molecule has 140 valence electrons. The Balaban J connectivity index is 2.58. The fourth-order valence-electron chi connectivity index (χ4n) is 2.14. The predicted molar refractivity (Wildman–Crippen MR) is 97.4 cm³/mol. The van der Waals surface area contributed by atoms with Gasteiger partial charge in [0.05, 0.1) is 7.11 Å². The second-order valence-electron chi connectivity index (χ2n) is 7.24. The maximum absolute atomic E-state index is 11.9. The van der Waals surface area contributed by atoms with Gasteiger partial charge >= 0.3 is 12.1 Å². The number of hydrogen-bond acceptors (Lipinski definition) is 5. The zero-order valence-corrected chi connectivity index (χ0v) is 16.0. The van der Waals surface area contributed by atoms with E-state index >= 15 is 0 Å². The van der Waals surface area contributed by atoms with Crippen molar-refractivity contribution in [1.29, 1.82) is 0 Å². The van der Waals surface area contributed by atoms with E-state index in [-0.39, 0.29) is 6.54 Å². The van der Waals surface area contributed by atoms with Crippen molar-refractivity contribution in [3.63, 3.8) is 0 Å². The third kappa shape index (κ3) is 8.03. The minimum absolute atomic E-state index is 0.0890. The second-order valence-corrected chi connectivity index (χ2v) is 7.24. The summed E-state index contributed by atoms with van der Waals surface area (Å²) in [4.78, 5) is 23.6. The molecule has 0 bridgehead atoms. The SMILES string of the molecule is COC(=O)C(CNC(=O)OC(C)(C)C)NCc1ccc(C(C)C)cc1. The number of ether oxygens (including phenoxy) is 2. The monoisotopic (exact) mass is 350 g/mol. The zero-order valence-electron chi connectivity index (χ0n) is 16.0. The van der Waals surface area contributed by atoms with Crippen molar-refractivity contribution in [2.24, 2.45) is 0 Å². The molecule has 0 spiro atoms. The van der Waals surface area contributed by atoms with Gasteiger partial charge in [-0.25, -0.2) is 4.79 Å². The van der Waals surface area contributed by atoms with Crippen molar-refractivity contribution in [2.45, 2.75) is 58.7 Å². The Kier molecular flexibility index (Phi) is 7.90. The predicted octanol–water partition coefficient (Wildman–Crippen LogP) is 2.97. The largest absolute Gasteiger partial charge is 0.468 e. The second kappa shape index (κ2) is 9.42. The van der Waals surface area contributed by atoms with Crippen LogP contribution < -0.4 is 10.6 Å². The first kappa shape index (κ1) is 21.0. The van der Waals surface area contributed by atoms with E-state index in [4.69, 9.17) is 9.47 Å². The Morgan fingerprint density at radius 1 is 1.12 bits per heavy atom. The van der Waals surface area contributed by atoms with E-state index in [1.54, 1.807) is 20.8 Å². The number of benzene rings is 1. The number of nitrogens with one attached hydrogen (secondary N) is 2. The highest BCUT2D eigenvalue weighted by atomic mass is 16.6. The van der Waals surface area contributed by atoms with Crippen LogP contribution in [0.4, 0.5) is 4.79 Å². The van der Waals surface area contributed by atoms with Gasteiger partial charge in [0.2, 0.25) is 0 Å². The first-order chi connectivity index (χ1) is 11.6. The highest BCUT2D eigenvalue weighted by molar-refractivity contribution is 5.77. The number of amides is 1. The summed E-state index contributed by atoms with van der Waals surface area (Å²) in [5.41, 5.74) is 1.73. The zero-order chi connectivity index (χ0) is 19.0. The van der Waals surface area contributed by atoms with Gasteiger partial charge in [0, 0.05) is 13.1 Å². The number of alkyl carbamates (subject to hydrolysis) is 1. The number of esters is 1. The molecular weight excluding hydrogens is 320 g/mol. The third-order valence-corrected chi connectivity index (χ3v) is 3.53. The molecule has 2 N–H and O–H groups in total. The van der Waals surface area contributed by atoms with Gasteiger partial charge in [-0.15, -0.1) is 0 Å². The summed E-state index contributed by atoms with van der Waals surface area (Å²) in [5.74, 6) is 0.0396. The lowest BCUT2D eigenvalue weighted by Gasteiger charge is -2.21. The molecule has 1 aromatic carbocycles. The molecule has 0 aliphatic carbocycles. The fraction of sp³-hybridized carbons (Fsp3) is 0.579. The third-order valence-electron chi connectivity index (χ3n) is 3.53. The number of carbonyl (C=O) groups is 2. The molecule has 0 saturated heterocycles. The van der Waals surface area contributed by atoms with Gasteiger partial charge in [0.15, 0.2) is 0 Å². The first-order valence-electron chi connectivity index (χ1n) is 8.49. The lowest BCUT2D eigenvalue weighted by Crippen LogP contribution is -2.47. The molecule has 6 nitrogen and oxygen atoms in total. The Bertz CT molecular complexity index is 562. The molecule has 6 heteroatoms. The van der Waals surface area contributed by atoms with Crippen LogP contribution in [0.1, 0.15) is 51.7 Å². The molecule has 1 aromatic rings. The van der Waals surface area contributed by atoms with Crippen molar-refractivity contribution in [1.82, 2.24) is 10.6 Å². The van der Waals surface area contributed by atoms with Gasteiger partial charge in [-0.3, -0.25) is 10.1 Å². The van der Waals surface area contributed by atoms with Crippen molar-refractivity contribution in [3.8, 4) is 0 Å². The Labute approximate surface area is 150 Å². The Morgan fingerprint density at radius 2 is 1.72 bits per heavy atom. The van der Waals surface area contributed by atoms with Crippen molar-refractivity contribution in [2.75, 3.05) is 13.7 Å². The van der Waals surface area contributed by atoms with Crippen LogP contribution in [-0.4, -0.2) is 37.4 Å². The van der Waals surface area contributed by atoms with Gasteiger partial charge in [-0.05, 0) is 37.8 Å². The van der Waals surface area contributed by atoms with Gasteiger partial charge in [0.1, 0.15) is 11.6 Å². The van der Waals surface area contributed by atoms with Crippen LogP contribution in [0, 0.1) is 0 Å². The summed E-state index contributed by atoms with van der Waals surface area (Å²) in [6, 6.07) is 7.56. The average Bonchev–Trinajstić information content (AvgIpc) is 2.53. The Morgan fingerprint density at radius 3 is 2.20 bits per heavy atom. The van der Waals surface area contributed by atoms with Crippen LogP contribution in [0.25, 0.3) is 0 Å². The molecule has 1 atom stereocenters. The molecule has 0 aliphatic rings. The van der Waals surface area contributed by atoms with Gasteiger partial charge in [-0.1, -0.05) is 38.1 Å². The van der Waals surface area contributed by atoms with E-state index in [0.717, 1.165) is 5.56 Å². The van der Waals surface area contributed by atoms with Crippen LogP contribution in [0.3, 0.4) is 0 Å². The summed E-state index contributed by atoms with van der Waals surface area (Å²) in [6.45, 7) is 10.2. The van der Waals surface area contributed by atoms with E-state index in [9.17, 15) is 9.59 Å². The summed E-state index contributed by atoms with van der Waals surface area (Å²) < 4.78 is 9.96. The average molecular weight is 350 g/mol. The summed E-state index contributed by atoms with van der Waals surface area (Å²) in [5, 5.41) is 5.70. The summed E-state index contributed by atoms with van der Waals surface area (Å²) >= 11 is 0. The first-order valence-corrected chi connectivity index (χ1v) is 8.49. The van der Waals surface area contributed by atoms with Crippen LogP contribution >= 0.6 is 0 Å². The molecule has 0 saturated carbocycles. The minimum atomic E-state index is -0.651. The molecule has 1 amide bonds. The molecule has 1 unspecified atom stereocenters. The molecule has 0 aliphatic heterocycles. The van der Waals surface area contributed by atoms with Gasteiger partial charge < -0.3 is 14.8 Å². The van der Waals surface area contributed by atoms with Crippen molar-refractivity contribution < 1.29 is 19.1 Å². The van der Waals surface area contributed by atoms with E-state index < -0.39 is 23.7 Å². The maximum Gasteiger partial charge on any atom is 0.407 e. The molecule has 0 heterocycles. The maximum atomic E-state index is 11.9. The van der Waals surface area contributed by atoms with Crippen LogP contribution in [0.15, 0.2) is 24.3 Å². The van der Waals surface area contributed by atoms with Crippen molar-refractivity contribution >= 4 is 12.1 Å². The molecule has 0 aromatic heterocycles. The Hall–Kier alpha value is -2.08. The lowest BCUT2D eigenvalue weighted by molar-refractivity contribution is -0.143. The molecule has 1 rings (SSSR count).